The highest BCUT2D eigenvalue weighted by Crippen LogP contribution is 2.17. The van der Waals surface area contributed by atoms with Crippen LogP contribution < -0.4 is 15.5 Å². The lowest BCUT2D eigenvalue weighted by Crippen LogP contribution is -2.38. The number of nitrogens with zero attached hydrogens (tertiary/aromatic N) is 1. The number of carbonyl (C=O) groups excluding carboxylic acids is 3. The highest BCUT2D eigenvalue weighted by molar-refractivity contribution is 6.01. The molecule has 1 aliphatic carbocycles. The number of amides is 3. The highest BCUT2D eigenvalue weighted by Gasteiger charge is 2.15. The van der Waals surface area contributed by atoms with Crippen LogP contribution in [0.25, 0.3) is 0 Å². The fraction of sp³-hybridized carbons (Fsp3) is 0.450. The Kier molecular flexibility index (Phi) is 7.38. The van der Waals surface area contributed by atoms with E-state index in [9.17, 15) is 14.4 Å². The zero-order valence-electron chi connectivity index (χ0n) is 15.3. The van der Waals surface area contributed by atoms with Crippen LogP contribution in [0.1, 0.15) is 48.9 Å². The second kappa shape index (κ2) is 9.75. The molecule has 0 bridgehead atoms. The third-order valence-electron chi connectivity index (χ3n) is 4.63. The number of likely N-dealkylation sites (N-methyl/N-ethyl adjacent to an activating group) is 1. The molecule has 0 saturated heterocycles. The van der Waals surface area contributed by atoms with Gasteiger partial charge in [0.25, 0.3) is 5.91 Å². The standard InChI is InChI=1S/C20H27N3O3/c1-3-19(25)23(2)17-11-9-15(10-12-17)20(26)21-14-13-18(24)22-16-7-5-4-6-8-16/h3,9-12,16H,1,4-8,13-14H2,2H3,(H,21,26)(H,22,24). The Labute approximate surface area is 154 Å². The summed E-state index contributed by atoms with van der Waals surface area (Å²) in [6, 6.07) is 6.99. The molecule has 1 fully saturated rings. The minimum Gasteiger partial charge on any atom is -0.353 e. The van der Waals surface area contributed by atoms with Gasteiger partial charge in [0.2, 0.25) is 11.8 Å². The molecule has 0 atom stereocenters. The minimum absolute atomic E-state index is 0.0166. The van der Waals surface area contributed by atoms with E-state index in [-0.39, 0.29) is 30.2 Å². The number of hydrogen-bond acceptors (Lipinski definition) is 3. The first kappa shape index (κ1) is 19.7. The molecular weight excluding hydrogens is 330 g/mol. The fourth-order valence-electron chi connectivity index (χ4n) is 3.04. The van der Waals surface area contributed by atoms with Gasteiger partial charge in [-0.3, -0.25) is 14.4 Å². The van der Waals surface area contributed by atoms with Crippen LogP contribution in [-0.4, -0.2) is 37.4 Å². The zero-order valence-corrected chi connectivity index (χ0v) is 15.3. The topological polar surface area (TPSA) is 78.5 Å². The van der Waals surface area contributed by atoms with Crippen molar-refractivity contribution in [2.75, 3.05) is 18.5 Å². The van der Waals surface area contributed by atoms with Crippen LogP contribution in [0, 0.1) is 0 Å². The van der Waals surface area contributed by atoms with Crippen LogP contribution >= 0.6 is 0 Å². The van der Waals surface area contributed by atoms with Crippen molar-refractivity contribution in [2.45, 2.75) is 44.6 Å². The number of nitrogens with one attached hydrogen (secondary N) is 2. The van der Waals surface area contributed by atoms with Gasteiger partial charge in [-0.25, -0.2) is 0 Å². The van der Waals surface area contributed by atoms with Gasteiger partial charge in [0.05, 0.1) is 0 Å². The predicted octanol–water partition coefficient (Wildman–Crippen LogP) is 2.40. The molecule has 0 spiro atoms. The Morgan fingerprint density at radius 1 is 1.15 bits per heavy atom. The Morgan fingerprint density at radius 3 is 2.42 bits per heavy atom. The number of hydrogen-bond donors (Lipinski definition) is 2. The van der Waals surface area contributed by atoms with Gasteiger partial charge in [-0.15, -0.1) is 0 Å². The quantitative estimate of drug-likeness (QED) is 0.736. The molecule has 140 valence electrons. The summed E-state index contributed by atoms with van der Waals surface area (Å²) < 4.78 is 0. The molecule has 1 aromatic carbocycles. The predicted molar refractivity (Wildman–Crippen MR) is 102 cm³/mol. The van der Waals surface area contributed by atoms with Crippen LogP contribution in [0.4, 0.5) is 5.69 Å². The summed E-state index contributed by atoms with van der Waals surface area (Å²) in [4.78, 5) is 37.1. The monoisotopic (exact) mass is 357 g/mol. The summed E-state index contributed by atoms with van der Waals surface area (Å²) >= 11 is 0. The third kappa shape index (κ3) is 5.72. The summed E-state index contributed by atoms with van der Waals surface area (Å²) in [5.74, 6) is -0.469. The molecule has 0 unspecified atom stereocenters. The van der Waals surface area contributed by atoms with Crippen LogP contribution in [0.5, 0.6) is 0 Å². The molecule has 1 aromatic rings. The molecule has 1 aliphatic rings. The maximum absolute atomic E-state index is 12.1. The first-order valence-electron chi connectivity index (χ1n) is 9.09. The van der Waals surface area contributed by atoms with E-state index >= 15 is 0 Å². The largest absolute Gasteiger partial charge is 0.353 e. The van der Waals surface area contributed by atoms with Gasteiger partial charge < -0.3 is 15.5 Å². The van der Waals surface area contributed by atoms with Crippen molar-refractivity contribution in [3.05, 3.63) is 42.5 Å². The maximum Gasteiger partial charge on any atom is 0.251 e. The maximum atomic E-state index is 12.1. The molecule has 3 amide bonds. The zero-order chi connectivity index (χ0) is 18.9. The Bertz CT molecular complexity index is 649. The van der Waals surface area contributed by atoms with E-state index in [0.29, 0.717) is 17.8 Å². The molecule has 1 saturated carbocycles. The molecular formula is C20H27N3O3. The highest BCUT2D eigenvalue weighted by atomic mass is 16.2. The van der Waals surface area contributed by atoms with Crippen molar-refractivity contribution in [1.82, 2.24) is 10.6 Å². The second-order valence-electron chi connectivity index (χ2n) is 6.56. The van der Waals surface area contributed by atoms with Gasteiger partial charge in [-0.2, -0.15) is 0 Å². The number of carbonyl (C=O) groups is 3. The van der Waals surface area contributed by atoms with E-state index in [1.807, 2.05) is 0 Å². The number of benzene rings is 1. The summed E-state index contributed by atoms with van der Waals surface area (Å²) in [5.41, 5.74) is 1.17. The van der Waals surface area contributed by atoms with Gasteiger partial charge >= 0.3 is 0 Å². The molecule has 0 heterocycles. The second-order valence-corrected chi connectivity index (χ2v) is 6.56. The van der Waals surface area contributed by atoms with E-state index < -0.39 is 0 Å². The van der Waals surface area contributed by atoms with Crippen LogP contribution in [-0.2, 0) is 9.59 Å². The first-order valence-corrected chi connectivity index (χ1v) is 9.09. The Hall–Kier alpha value is -2.63. The third-order valence-corrected chi connectivity index (χ3v) is 4.63. The van der Waals surface area contributed by atoms with Gasteiger partial charge in [-0.1, -0.05) is 25.8 Å². The number of rotatable bonds is 7. The summed E-state index contributed by atoms with van der Waals surface area (Å²) in [5, 5.41) is 5.79. The Balaban J connectivity index is 1.76. The molecule has 6 heteroatoms. The van der Waals surface area contributed by atoms with Crippen molar-refractivity contribution in [3.63, 3.8) is 0 Å². The lowest BCUT2D eigenvalue weighted by molar-refractivity contribution is -0.121. The summed E-state index contributed by atoms with van der Waals surface area (Å²) in [7, 11) is 1.64. The fourth-order valence-corrected chi connectivity index (χ4v) is 3.04. The van der Waals surface area contributed by atoms with Gasteiger partial charge in [0.1, 0.15) is 0 Å². The van der Waals surface area contributed by atoms with Gasteiger partial charge in [-0.05, 0) is 43.2 Å². The first-order chi connectivity index (χ1) is 12.5. The molecule has 0 aliphatic heterocycles. The van der Waals surface area contributed by atoms with Crippen molar-refractivity contribution < 1.29 is 14.4 Å². The average molecular weight is 357 g/mol. The lowest BCUT2D eigenvalue weighted by atomic mass is 9.95. The van der Waals surface area contributed by atoms with Crippen molar-refractivity contribution in [3.8, 4) is 0 Å². The lowest BCUT2D eigenvalue weighted by Gasteiger charge is -2.22. The summed E-state index contributed by atoms with van der Waals surface area (Å²) in [6.45, 7) is 3.75. The van der Waals surface area contributed by atoms with Crippen molar-refractivity contribution in [1.29, 1.82) is 0 Å². The van der Waals surface area contributed by atoms with Crippen molar-refractivity contribution in [2.24, 2.45) is 0 Å². The van der Waals surface area contributed by atoms with E-state index in [1.54, 1.807) is 31.3 Å². The van der Waals surface area contributed by atoms with Gasteiger partial charge in [0.15, 0.2) is 0 Å². The number of anilines is 1. The van der Waals surface area contributed by atoms with Crippen molar-refractivity contribution >= 4 is 23.4 Å². The molecule has 2 N–H and O–H groups in total. The molecule has 0 aromatic heterocycles. The molecule has 2 rings (SSSR count). The van der Waals surface area contributed by atoms with E-state index in [2.05, 4.69) is 17.2 Å². The van der Waals surface area contributed by atoms with E-state index in [0.717, 1.165) is 12.8 Å². The molecule has 6 nitrogen and oxygen atoms in total. The average Bonchev–Trinajstić information content (AvgIpc) is 2.67. The van der Waals surface area contributed by atoms with Gasteiger partial charge in [0, 0.05) is 37.3 Å². The van der Waals surface area contributed by atoms with Crippen LogP contribution in [0.3, 0.4) is 0 Å². The molecule has 0 radical (unpaired) electrons. The van der Waals surface area contributed by atoms with E-state index in [4.69, 9.17) is 0 Å². The molecule has 26 heavy (non-hydrogen) atoms. The smallest absolute Gasteiger partial charge is 0.251 e. The van der Waals surface area contributed by atoms with Crippen LogP contribution in [0.15, 0.2) is 36.9 Å². The normalized spacial score (nSPS) is 14.3. The van der Waals surface area contributed by atoms with Crippen LogP contribution in [0.2, 0.25) is 0 Å². The Morgan fingerprint density at radius 2 is 1.81 bits per heavy atom. The summed E-state index contributed by atoms with van der Waals surface area (Å²) in [6.07, 6.45) is 7.20. The minimum atomic E-state index is -0.236. The SMILES string of the molecule is C=CC(=O)N(C)c1ccc(C(=O)NCCC(=O)NC2CCCCC2)cc1. The van der Waals surface area contributed by atoms with E-state index in [1.165, 1.54) is 30.2 Å².